The molecule has 5 heteroatoms. The van der Waals surface area contributed by atoms with Gasteiger partial charge < -0.3 is 14.7 Å². The lowest BCUT2D eigenvalue weighted by Crippen LogP contribution is -2.41. The molecule has 1 aromatic rings. The zero-order valence-corrected chi connectivity index (χ0v) is 10.1. The predicted octanol–water partition coefficient (Wildman–Crippen LogP) is 1.28. The van der Waals surface area contributed by atoms with Gasteiger partial charge in [-0.3, -0.25) is 4.90 Å². The number of nitrogens with zero attached hydrogens (tertiary/aromatic N) is 2. The lowest BCUT2D eigenvalue weighted by atomic mass is 10.1. The molecule has 0 saturated carbocycles. The van der Waals surface area contributed by atoms with E-state index in [1.54, 1.807) is 29.2 Å². The van der Waals surface area contributed by atoms with Crippen molar-refractivity contribution in [1.29, 1.82) is 0 Å². The second kappa shape index (κ2) is 4.49. The maximum atomic E-state index is 12.2. The standard InChI is InChI=1S/C13H16N2O3/c16-12-3-1-11(2-4-12)15-6-5-14(13(15)17)7-10-8-18-9-10/h1-4,10,16H,5-9H2. The Hall–Kier alpha value is -1.75. The molecule has 0 aliphatic carbocycles. The molecule has 2 aliphatic rings. The molecule has 18 heavy (non-hydrogen) atoms. The minimum absolute atomic E-state index is 0.0487. The van der Waals surface area contributed by atoms with Gasteiger partial charge in [-0.25, -0.2) is 4.79 Å². The number of urea groups is 1. The van der Waals surface area contributed by atoms with Crippen molar-refractivity contribution < 1.29 is 14.6 Å². The summed E-state index contributed by atoms with van der Waals surface area (Å²) in [5, 5.41) is 9.25. The number of anilines is 1. The molecular weight excluding hydrogens is 232 g/mol. The first-order valence-electron chi connectivity index (χ1n) is 6.17. The lowest BCUT2D eigenvalue weighted by molar-refractivity contribution is -0.0400. The van der Waals surface area contributed by atoms with Gasteiger partial charge in [-0.1, -0.05) is 0 Å². The van der Waals surface area contributed by atoms with Crippen LogP contribution >= 0.6 is 0 Å². The van der Waals surface area contributed by atoms with Gasteiger partial charge >= 0.3 is 6.03 Å². The van der Waals surface area contributed by atoms with Crippen LogP contribution in [0.3, 0.4) is 0 Å². The normalized spacial score (nSPS) is 20.3. The second-order valence-electron chi connectivity index (χ2n) is 4.80. The van der Waals surface area contributed by atoms with Crippen LogP contribution in [0, 0.1) is 5.92 Å². The molecule has 0 bridgehead atoms. The predicted molar refractivity (Wildman–Crippen MR) is 66.7 cm³/mol. The Labute approximate surface area is 106 Å². The first-order valence-corrected chi connectivity index (χ1v) is 6.17. The van der Waals surface area contributed by atoms with Gasteiger partial charge in [0.25, 0.3) is 0 Å². The summed E-state index contributed by atoms with van der Waals surface area (Å²) in [4.78, 5) is 15.8. The zero-order valence-electron chi connectivity index (χ0n) is 10.1. The number of carbonyl (C=O) groups is 1. The van der Waals surface area contributed by atoms with E-state index in [2.05, 4.69) is 0 Å². The highest BCUT2D eigenvalue weighted by Gasteiger charge is 2.32. The van der Waals surface area contributed by atoms with Crippen LogP contribution in [0.2, 0.25) is 0 Å². The molecule has 1 N–H and O–H groups in total. The summed E-state index contributed by atoms with van der Waals surface area (Å²) in [6.07, 6.45) is 0. The summed E-state index contributed by atoms with van der Waals surface area (Å²) in [6, 6.07) is 6.79. The first-order chi connectivity index (χ1) is 8.74. The Morgan fingerprint density at radius 1 is 1.22 bits per heavy atom. The maximum absolute atomic E-state index is 12.2. The van der Waals surface area contributed by atoms with Gasteiger partial charge in [0.2, 0.25) is 0 Å². The van der Waals surface area contributed by atoms with E-state index in [4.69, 9.17) is 4.74 Å². The van der Waals surface area contributed by atoms with Gasteiger partial charge in [0.1, 0.15) is 5.75 Å². The molecule has 96 valence electrons. The van der Waals surface area contributed by atoms with Gasteiger partial charge in [-0.05, 0) is 24.3 Å². The van der Waals surface area contributed by atoms with E-state index in [1.165, 1.54) is 0 Å². The molecule has 0 unspecified atom stereocenters. The third-order valence-electron chi connectivity index (χ3n) is 3.44. The second-order valence-corrected chi connectivity index (χ2v) is 4.80. The van der Waals surface area contributed by atoms with Crippen LogP contribution in [0.1, 0.15) is 0 Å². The molecule has 3 rings (SSSR count). The molecule has 0 radical (unpaired) electrons. The number of hydrogen-bond acceptors (Lipinski definition) is 3. The SMILES string of the molecule is O=C1N(CC2COC2)CCN1c1ccc(O)cc1. The molecule has 2 saturated heterocycles. The Bertz CT molecular complexity index is 442. The van der Waals surface area contributed by atoms with Crippen LogP contribution < -0.4 is 4.90 Å². The largest absolute Gasteiger partial charge is 0.508 e. The van der Waals surface area contributed by atoms with Crippen molar-refractivity contribution in [3.8, 4) is 5.75 Å². The number of phenolic OH excluding ortho intramolecular Hbond substituents is 1. The highest BCUT2D eigenvalue weighted by atomic mass is 16.5. The van der Waals surface area contributed by atoms with E-state index in [0.29, 0.717) is 12.5 Å². The van der Waals surface area contributed by atoms with E-state index in [-0.39, 0.29) is 11.8 Å². The number of ether oxygens (including phenoxy) is 1. The number of hydrogen-bond donors (Lipinski definition) is 1. The Morgan fingerprint density at radius 3 is 2.56 bits per heavy atom. The van der Waals surface area contributed by atoms with Crippen molar-refractivity contribution in [3.05, 3.63) is 24.3 Å². The molecular formula is C13H16N2O3. The topological polar surface area (TPSA) is 53.0 Å². The van der Waals surface area contributed by atoms with E-state index in [9.17, 15) is 9.90 Å². The van der Waals surface area contributed by atoms with E-state index in [1.807, 2.05) is 4.90 Å². The fourth-order valence-corrected chi connectivity index (χ4v) is 2.33. The fourth-order valence-electron chi connectivity index (χ4n) is 2.33. The third kappa shape index (κ3) is 2.01. The lowest BCUT2D eigenvalue weighted by Gasteiger charge is -2.30. The molecule has 0 atom stereocenters. The number of rotatable bonds is 3. The third-order valence-corrected chi connectivity index (χ3v) is 3.44. The molecule has 2 amide bonds. The average Bonchev–Trinajstić information content (AvgIpc) is 2.67. The molecule has 1 aromatic carbocycles. The quantitative estimate of drug-likeness (QED) is 0.876. The van der Waals surface area contributed by atoms with Crippen LogP contribution in [0.25, 0.3) is 0 Å². The van der Waals surface area contributed by atoms with Crippen molar-refractivity contribution in [1.82, 2.24) is 4.90 Å². The van der Waals surface area contributed by atoms with Crippen LogP contribution in [0.5, 0.6) is 5.75 Å². The van der Waals surface area contributed by atoms with Crippen molar-refractivity contribution in [3.63, 3.8) is 0 Å². The van der Waals surface area contributed by atoms with Gasteiger partial charge in [-0.15, -0.1) is 0 Å². The van der Waals surface area contributed by atoms with E-state index in [0.717, 1.165) is 32.0 Å². The minimum atomic E-state index is 0.0487. The van der Waals surface area contributed by atoms with Gasteiger partial charge in [0.15, 0.2) is 0 Å². The highest BCUT2D eigenvalue weighted by Crippen LogP contribution is 2.24. The minimum Gasteiger partial charge on any atom is -0.508 e. The summed E-state index contributed by atoms with van der Waals surface area (Å²) in [5.74, 6) is 0.711. The Kier molecular flexibility index (Phi) is 2.83. The first kappa shape index (κ1) is 11.3. The summed E-state index contributed by atoms with van der Waals surface area (Å²) < 4.78 is 5.13. The summed E-state index contributed by atoms with van der Waals surface area (Å²) in [7, 11) is 0. The Balaban J connectivity index is 1.67. The van der Waals surface area contributed by atoms with Crippen molar-refractivity contribution in [2.24, 2.45) is 5.92 Å². The number of phenols is 1. The summed E-state index contributed by atoms with van der Waals surface area (Å²) in [5.41, 5.74) is 0.838. The fraction of sp³-hybridized carbons (Fsp3) is 0.462. The van der Waals surface area contributed by atoms with Crippen LogP contribution in [-0.2, 0) is 4.74 Å². The number of carbonyl (C=O) groups excluding carboxylic acids is 1. The van der Waals surface area contributed by atoms with Gasteiger partial charge in [0.05, 0.1) is 13.2 Å². The van der Waals surface area contributed by atoms with Gasteiger partial charge in [0, 0.05) is 31.2 Å². The summed E-state index contributed by atoms with van der Waals surface area (Å²) in [6.45, 7) is 3.78. The highest BCUT2D eigenvalue weighted by molar-refractivity contribution is 5.94. The summed E-state index contributed by atoms with van der Waals surface area (Å²) >= 11 is 0. The van der Waals surface area contributed by atoms with Crippen LogP contribution in [-0.4, -0.2) is 48.9 Å². The van der Waals surface area contributed by atoms with Crippen LogP contribution in [0.15, 0.2) is 24.3 Å². The zero-order chi connectivity index (χ0) is 12.5. The van der Waals surface area contributed by atoms with E-state index >= 15 is 0 Å². The number of benzene rings is 1. The molecule has 2 heterocycles. The monoisotopic (exact) mass is 248 g/mol. The van der Waals surface area contributed by atoms with E-state index < -0.39 is 0 Å². The van der Waals surface area contributed by atoms with Crippen LogP contribution in [0.4, 0.5) is 10.5 Å². The average molecular weight is 248 g/mol. The molecule has 0 spiro atoms. The van der Waals surface area contributed by atoms with Crippen molar-refractivity contribution in [2.45, 2.75) is 0 Å². The maximum Gasteiger partial charge on any atom is 0.324 e. The molecule has 2 fully saturated rings. The molecule has 5 nitrogen and oxygen atoms in total. The van der Waals surface area contributed by atoms with Crippen molar-refractivity contribution >= 4 is 11.7 Å². The Morgan fingerprint density at radius 2 is 1.94 bits per heavy atom. The number of amides is 2. The van der Waals surface area contributed by atoms with Gasteiger partial charge in [-0.2, -0.15) is 0 Å². The molecule has 2 aliphatic heterocycles. The number of aromatic hydroxyl groups is 1. The molecule has 0 aromatic heterocycles. The van der Waals surface area contributed by atoms with Crippen molar-refractivity contribution in [2.75, 3.05) is 37.7 Å². The smallest absolute Gasteiger partial charge is 0.324 e.